The fourth-order valence-corrected chi connectivity index (χ4v) is 4.94. The monoisotopic (exact) mass is 380 g/mol. The summed E-state index contributed by atoms with van der Waals surface area (Å²) in [5.41, 5.74) is 1.72. The van der Waals surface area contributed by atoms with Crippen LogP contribution in [0.4, 0.5) is 5.69 Å². The van der Waals surface area contributed by atoms with E-state index in [4.69, 9.17) is 4.74 Å². The number of esters is 1. The van der Waals surface area contributed by atoms with Gasteiger partial charge >= 0.3 is 5.97 Å². The lowest BCUT2D eigenvalue weighted by Crippen LogP contribution is -2.38. The topological polar surface area (TPSA) is 84.0 Å². The smallest absolute Gasteiger partial charge is 0.338 e. The first-order valence-corrected chi connectivity index (χ1v) is 10.7. The minimum absolute atomic E-state index is 0.170. The van der Waals surface area contributed by atoms with Gasteiger partial charge in [0.15, 0.2) is 6.61 Å². The predicted molar refractivity (Wildman–Crippen MR) is 97.6 cm³/mol. The van der Waals surface area contributed by atoms with E-state index >= 15 is 0 Å². The van der Waals surface area contributed by atoms with Crippen LogP contribution in [0.2, 0.25) is 0 Å². The Labute approximate surface area is 154 Å². The summed E-state index contributed by atoms with van der Waals surface area (Å²) in [5.74, 6) is -0.736. The highest BCUT2D eigenvalue weighted by Gasteiger charge is 2.33. The van der Waals surface area contributed by atoms with E-state index in [9.17, 15) is 18.0 Å². The highest BCUT2D eigenvalue weighted by molar-refractivity contribution is 7.92. The zero-order valence-electron chi connectivity index (χ0n) is 15.1. The molecule has 0 saturated carbocycles. The Morgan fingerprint density at radius 1 is 1.19 bits per heavy atom. The number of sulfonamides is 1. The number of piperidine rings is 1. The fraction of sp³-hybridized carbons (Fsp3) is 0.556. The summed E-state index contributed by atoms with van der Waals surface area (Å²) >= 11 is 0. The molecule has 0 radical (unpaired) electrons. The molecule has 2 heterocycles. The van der Waals surface area contributed by atoms with Crippen molar-refractivity contribution in [3.8, 4) is 0 Å². The van der Waals surface area contributed by atoms with Crippen LogP contribution in [0, 0.1) is 0 Å². The molecule has 0 aliphatic carbocycles. The van der Waals surface area contributed by atoms with Crippen LogP contribution in [0.25, 0.3) is 0 Å². The first kappa shape index (κ1) is 18.7. The van der Waals surface area contributed by atoms with Crippen molar-refractivity contribution in [2.75, 3.05) is 30.3 Å². The molecule has 1 atom stereocenters. The summed E-state index contributed by atoms with van der Waals surface area (Å²) in [4.78, 5) is 26.1. The molecule has 8 heteroatoms. The number of anilines is 1. The van der Waals surface area contributed by atoms with E-state index in [1.165, 1.54) is 10.6 Å². The molecule has 0 unspecified atom stereocenters. The summed E-state index contributed by atoms with van der Waals surface area (Å²) in [6, 6.07) is 4.64. The number of hydrogen-bond donors (Lipinski definition) is 0. The van der Waals surface area contributed by atoms with Gasteiger partial charge < -0.3 is 9.64 Å². The molecule has 7 nitrogen and oxygen atoms in total. The van der Waals surface area contributed by atoms with E-state index in [1.807, 2.05) is 6.92 Å². The summed E-state index contributed by atoms with van der Waals surface area (Å²) in [6.07, 6.45) is 4.81. The zero-order chi connectivity index (χ0) is 18.9. The number of nitrogens with zero attached hydrogens (tertiary/aromatic N) is 2. The van der Waals surface area contributed by atoms with Gasteiger partial charge in [0.2, 0.25) is 10.0 Å². The fourth-order valence-electron chi connectivity index (χ4n) is 3.68. The van der Waals surface area contributed by atoms with Crippen LogP contribution >= 0.6 is 0 Å². The van der Waals surface area contributed by atoms with Crippen molar-refractivity contribution >= 4 is 27.6 Å². The second-order valence-corrected chi connectivity index (χ2v) is 8.83. The van der Waals surface area contributed by atoms with Crippen LogP contribution in [0.3, 0.4) is 0 Å². The maximum atomic E-state index is 12.3. The number of rotatable bonds is 4. The molecular weight excluding hydrogens is 356 g/mol. The number of carbonyl (C=O) groups excluding carboxylic acids is 2. The van der Waals surface area contributed by atoms with Crippen LogP contribution in [-0.4, -0.2) is 57.2 Å². The molecule has 0 N–H and O–H groups in total. The number of ether oxygens (including phenoxy) is 1. The molecule has 1 fully saturated rings. The van der Waals surface area contributed by atoms with Crippen molar-refractivity contribution in [2.45, 2.75) is 38.6 Å². The Hall–Kier alpha value is -2.09. The number of benzene rings is 1. The molecule has 1 aromatic rings. The van der Waals surface area contributed by atoms with Gasteiger partial charge in [0.1, 0.15) is 0 Å². The maximum absolute atomic E-state index is 12.3. The largest absolute Gasteiger partial charge is 0.452 e. The number of amides is 1. The summed E-state index contributed by atoms with van der Waals surface area (Å²) < 4.78 is 30.4. The lowest BCUT2D eigenvalue weighted by atomic mass is 10.1. The van der Waals surface area contributed by atoms with Gasteiger partial charge in [-0.15, -0.1) is 0 Å². The lowest BCUT2D eigenvalue weighted by molar-refractivity contribution is -0.135. The van der Waals surface area contributed by atoms with Gasteiger partial charge in [0.05, 0.1) is 17.5 Å². The standard InChI is InChI=1S/C18H24N2O5S/c1-13-10-15-11-14(6-7-16(15)20(13)26(2,23)24)18(22)25-12-17(21)19-8-4-3-5-9-19/h6-7,11,13H,3-5,8-10,12H2,1-2H3/t13-/m0/s1. The average molecular weight is 380 g/mol. The van der Waals surface area contributed by atoms with E-state index in [0.29, 0.717) is 30.8 Å². The minimum atomic E-state index is -3.37. The molecule has 2 aliphatic rings. The Kier molecular flexibility index (Phi) is 5.22. The van der Waals surface area contributed by atoms with Gasteiger partial charge in [-0.25, -0.2) is 13.2 Å². The van der Waals surface area contributed by atoms with Gasteiger partial charge in [0.25, 0.3) is 5.91 Å². The Bertz CT molecular complexity index is 815. The third kappa shape index (κ3) is 3.85. The number of carbonyl (C=O) groups is 2. The molecule has 0 spiro atoms. The van der Waals surface area contributed by atoms with Crippen LogP contribution in [-0.2, 0) is 26.0 Å². The van der Waals surface area contributed by atoms with Gasteiger partial charge in [-0.05, 0) is 56.4 Å². The third-order valence-electron chi connectivity index (χ3n) is 4.86. The van der Waals surface area contributed by atoms with Crippen molar-refractivity contribution in [2.24, 2.45) is 0 Å². The third-order valence-corrected chi connectivity index (χ3v) is 6.13. The van der Waals surface area contributed by atoms with Gasteiger partial charge in [-0.2, -0.15) is 0 Å². The van der Waals surface area contributed by atoms with E-state index in [-0.39, 0.29) is 18.6 Å². The van der Waals surface area contributed by atoms with E-state index in [1.54, 1.807) is 23.1 Å². The van der Waals surface area contributed by atoms with Crippen LogP contribution in [0.1, 0.15) is 42.1 Å². The SMILES string of the molecule is C[C@H]1Cc2cc(C(=O)OCC(=O)N3CCCCC3)ccc2N1S(C)(=O)=O. The van der Waals surface area contributed by atoms with Gasteiger partial charge in [-0.3, -0.25) is 9.10 Å². The van der Waals surface area contributed by atoms with E-state index in [0.717, 1.165) is 24.8 Å². The van der Waals surface area contributed by atoms with Crippen LogP contribution < -0.4 is 4.31 Å². The molecule has 1 aromatic carbocycles. The summed E-state index contributed by atoms with van der Waals surface area (Å²) in [7, 11) is -3.37. The Morgan fingerprint density at radius 2 is 1.88 bits per heavy atom. The van der Waals surface area contributed by atoms with Gasteiger partial charge in [-0.1, -0.05) is 0 Å². The van der Waals surface area contributed by atoms with E-state index in [2.05, 4.69) is 0 Å². The maximum Gasteiger partial charge on any atom is 0.338 e. The first-order chi connectivity index (χ1) is 12.3. The first-order valence-electron chi connectivity index (χ1n) is 8.84. The Balaban J connectivity index is 1.66. The zero-order valence-corrected chi connectivity index (χ0v) is 15.9. The molecule has 0 bridgehead atoms. The molecule has 2 aliphatic heterocycles. The summed E-state index contributed by atoms with van der Waals surface area (Å²) in [5, 5.41) is 0. The molecule has 142 valence electrons. The lowest BCUT2D eigenvalue weighted by Gasteiger charge is -2.26. The highest BCUT2D eigenvalue weighted by atomic mass is 32.2. The van der Waals surface area contributed by atoms with Crippen molar-refractivity contribution in [3.05, 3.63) is 29.3 Å². The molecule has 1 saturated heterocycles. The number of hydrogen-bond acceptors (Lipinski definition) is 5. The minimum Gasteiger partial charge on any atom is -0.452 e. The molecule has 0 aromatic heterocycles. The number of fused-ring (bicyclic) bond motifs is 1. The van der Waals surface area contributed by atoms with Gasteiger partial charge in [0, 0.05) is 19.1 Å². The number of likely N-dealkylation sites (tertiary alicyclic amines) is 1. The van der Waals surface area contributed by atoms with Crippen LogP contribution in [0.5, 0.6) is 0 Å². The molecule has 1 amide bonds. The molecule has 3 rings (SSSR count). The van der Waals surface area contributed by atoms with E-state index < -0.39 is 16.0 Å². The quantitative estimate of drug-likeness (QED) is 0.741. The summed E-state index contributed by atoms with van der Waals surface area (Å²) in [6.45, 7) is 3.00. The van der Waals surface area contributed by atoms with Crippen molar-refractivity contribution < 1.29 is 22.7 Å². The average Bonchev–Trinajstić information content (AvgIpc) is 2.95. The second kappa shape index (κ2) is 7.26. The van der Waals surface area contributed by atoms with Crippen LogP contribution in [0.15, 0.2) is 18.2 Å². The Morgan fingerprint density at radius 3 is 2.54 bits per heavy atom. The molecular formula is C18H24N2O5S. The second-order valence-electron chi connectivity index (χ2n) is 6.97. The van der Waals surface area contributed by atoms with Crippen molar-refractivity contribution in [1.29, 1.82) is 0 Å². The predicted octanol–water partition coefficient (Wildman–Crippen LogP) is 1.57. The van der Waals surface area contributed by atoms with Crippen molar-refractivity contribution in [1.82, 2.24) is 4.90 Å². The molecule has 26 heavy (non-hydrogen) atoms. The van der Waals surface area contributed by atoms with Crippen molar-refractivity contribution in [3.63, 3.8) is 0 Å². The highest BCUT2D eigenvalue weighted by Crippen LogP contribution is 2.34. The normalized spacial score (nSPS) is 20.0.